The number of rotatable bonds is 7. The first kappa shape index (κ1) is 15.9. The van der Waals surface area contributed by atoms with Crippen LogP contribution in [0.25, 0.3) is 0 Å². The zero-order valence-corrected chi connectivity index (χ0v) is 12.1. The van der Waals surface area contributed by atoms with Gasteiger partial charge in [0.15, 0.2) is 0 Å². The molecule has 108 valence electrons. The first-order valence-electron chi connectivity index (χ1n) is 6.58. The maximum Gasteiger partial charge on any atom is 0.292 e. The number of hydrogen-bond donors (Lipinski definition) is 1. The molecule has 0 saturated heterocycles. The lowest BCUT2D eigenvalue weighted by Gasteiger charge is -2.22. The number of anilines is 1. The molecule has 1 aromatic carbocycles. The predicted molar refractivity (Wildman–Crippen MR) is 78.4 cm³/mol. The summed E-state index contributed by atoms with van der Waals surface area (Å²) in [5, 5.41) is 22.7. The fraction of sp³-hybridized carbons (Fsp3) is 0.500. The maximum absolute atomic E-state index is 10.9. The Labute approximate surface area is 119 Å². The van der Waals surface area contributed by atoms with E-state index < -0.39 is 0 Å². The third-order valence-corrected chi connectivity index (χ3v) is 3.20. The van der Waals surface area contributed by atoms with E-state index in [1.807, 2.05) is 20.9 Å². The first-order valence-corrected chi connectivity index (χ1v) is 6.58. The first-order chi connectivity index (χ1) is 9.49. The van der Waals surface area contributed by atoms with Crippen LogP contribution in [0.1, 0.15) is 25.8 Å². The molecule has 0 aliphatic carbocycles. The molecule has 0 aliphatic rings. The van der Waals surface area contributed by atoms with Crippen molar-refractivity contribution >= 4 is 11.4 Å². The van der Waals surface area contributed by atoms with Gasteiger partial charge >= 0.3 is 0 Å². The van der Waals surface area contributed by atoms with Crippen molar-refractivity contribution in [1.82, 2.24) is 4.90 Å². The largest absolute Gasteiger partial charge is 0.380 e. The van der Waals surface area contributed by atoms with Gasteiger partial charge < -0.3 is 5.32 Å². The van der Waals surface area contributed by atoms with Crippen LogP contribution in [0.2, 0.25) is 0 Å². The highest BCUT2D eigenvalue weighted by molar-refractivity contribution is 5.62. The van der Waals surface area contributed by atoms with E-state index in [1.54, 1.807) is 12.1 Å². The summed E-state index contributed by atoms with van der Waals surface area (Å²) in [5.74, 6) is 0. The minimum atomic E-state index is -0.385. The molecule has 0 aliphatic heterocycles. The van der Waals surface area contributed by atoms with Crippen LogP contribution in [0.5, 0.6) is 0 Å². The molecule has 0 radical (unpaired) electrons. The fourth-order valence-corrected chi connectivity index (χ4v) is 1.90. The van der Waals surface area contributed by atoms with E-state index in [0.29, 0.717) is 25.2 Å². The van der Waals surface area contributed by atoms with Crippen LogP contribution in [0.15, 0.2) is 18.2 Å². The fourth-order valence-electron chi connectivity index (χ4n) is 1.90. The van der Waals surface area contributed by atoms with Crippen molar-refractivity contribution in [2.24, 2.45) is 0 Å². The molecule has 1 atom stereocenters. The molecule has 0 spiro atoms. The smallest absolute Gasteiger partial charge is 0.292 e. The molecule has 1 unspecified atom stereocenters. The van der Waals surface area contributed by atoms with Gasteiger partial charge in [-0.25, -0.2) is 0 Å². The molecule has 1 rings (SSSR count). The van der Waals surface area contributed by atoms with Crippen molar-refractivity contribution in [3.05, 3.63) is 33.9 Å². The van der Waals surface area contributed by atoms with Crippen LogP contribution >= 0.6 is 0 Å². The van der Waals surface area contributed by atoms with E-state index in [2.05, 4.69) is 16.3 Å². The molecule has 0 amide bonds. The zero-order chi connectivity index (χ0) is 15.1. The van der Waals surface area contributed by atoms with Gasteiger partial charge in [0.25, 0.3) is 5.69 Å². The lowest BCUT2D eigenvalue weighted by Crippen LogP contribution is -2.28. The van der Waals surface area contributed by atoms with Crippen LogP contribution in [0.4, 0.5) is 11.4 Å². The van der Waals surface area contributed by atoms with E-state index in [-0.39, 0.29) is 16.7 Å². The molecule has 0 saturated carbocycles. The topological polar surface area (TPSA) is 82.2 Å². The van der Waals surface area contributed by atoms with Gasteiger partial charge in [0.1, 0.15) is 5.69 Å². The Bertz CT molecular complexity index is 510. The average Bonchev–Trinajstić information content (AvgIpc) is 2.39. The minimum absolute atomic E-state index is 0.0864. The van der Waals surface area contributed by atoms with Crippen LogP contribution in [-0.2, 0) is 6.54 Å². The molecule has 6 heteroatoms. The van der Waals surface area contributed by atoms with E-state index >= 15 is 0 Å². The zero-order valence-electron chi connectivity index (χ0n) is 12.1. The Morgan fingerprint density at radius 2 is 2.25 bits per heavy atom. The van der Waals surface area contributed by atoms with Gasteiger partial charge in [0.2, 0.25) is 0 Å². The number of nitrogens with one attached hydrogen (secondary N) is 1. The standard InChI is InChI=1S/C14H20N4O2/c1-4-16-13-9-12(5-6-14(13)18(19)20)10-17(3)11(2)7-8-15/h5-6,9,11,16H,4,7,10H2,1-3H3. The third kappa shape index (κ3) is 4.21. The Balaban J connectivity index is 2.89. The van der Waals surface area contributed by atoms with Gasteiger partial charge in [-0.15, -0.1) is 0 Å². The molecule has 0 fully saturated rings. The Kier molecular flexibility index (Phi) is 5.94. The molecule has 0 bridgehead atoms. The summed E-state index contributed by atoms with van der Waals surface area (Å²) in [4.78, 5) is 12.6. The normalized spacial score (nSPS) is 11.9. The molecule has 20 heavy (non-hydrogen) atoms. The van der Waals surface area contributed by atoms with Crippen molar-refractivity contribution in [2.75, 3.05) is 18.9 Å². The SMILES string of the molecule is CCNc1cc(CN(C)C(C)CC#N)ccc1[N+](=O)[O-]. The molecule has 1 N–H and O–H groups in total. The molecular weight excluding hydrogens is 256 g/mol. The summed E-state index contributed by atoms with van der Waals surface area (Å²) in [6.45, 7) is 5.17. The number of hydrogen-bond acceptors (Lipinski definition) is 5. The number of nitrogens with zero attached hydrogens (tertiary/aromatic N) is 3. The Hall–Kier alpha value is -2.13. The van der Waals surface area contributed by atoms with Gasteiger partial charge in [-0.2, -0.15) is 5.26 Å². The van der Waals surface area contributed by atoms with Crippen LogP contribution < -0.4 is 5.32 Å². The van der Waals surface area contributed by atoms with E-state index in [0.717, 1.165) is 5.56 Å². The summed E-state index contributed by atoms with van der Waals surface area (Å²) in [5.41, 5.74) is 1.61. The molecule has 1 aromatic rings. The van der Waals surface area contributed by atoms with Crippen molar-refractivity contribution < 1.29 is 4.92 Å². The summed E-state index contributed by atoms with van der Waals surface area (Å²) >= 11 is 0. The Morgan fingerprint density at radius 1 is 1.55 bits per heavy atom. The minimum Gasteiger partial charge on any atom is -0.380 e. The van der Waals surface area contributed by atoms with E-state index in [4.69, 9.17) is 5.26 Å². The number of nitro benzene ring substituents is 1. The quantitative estimate of drug-likeness (QED) is 0.611. The summed E-state index contributed by atoms with van der Waals surface area (Å²) < 4.78 is 0. The summed E-state index contributed by atoms with van der Waals surface area (Å²) in [6, 6.07) is 7.38. The molecule has 0 heterocycles. The number of nitro groups is 1. The monoisotopic (exact) mass is 276 g/mol. The average molecular weight is 276 g/mol. The van der Waals surface area contributed by atoms with E-state index in [9.17, 15) is 10.1 Å². The summed E-state index contributed by atoms with van der Waals surface area (Å²) in [6.07, 6.45) is 0.462. The van der Waals surface area contributed by atoms with Crippen molar-refractivity contribution in [3.8, 4) is 6.07 Å². The van der Waals surface area contributed by atoms with Gasteiger partial charge in [0.05, 0.1) is 17.4 Å². The summed E-state index contributed by atoms with van der Waals surface area (Å²) in [7, 11) is 1.94. The van der Waals surface area contributed by atoms with Crippen LogP contribution in [0, 0.1) is 21.4 Å². The van der Waals surface area contributed by atoms with Crippen molar-refractivity contribution in [2.45, 2.75) is 32.9 Å². The van der Waals surface area contributed by atoms with Gasteiger partial charge in [-0.05, 0) is 32.5 Å². The highest BCUT2D eigenvalue weighted by Crippen LogP contribution is 2.26. The van der Waals surface area contributed by atoms with Crippen molar-refractivity contribution in [1.29, 1.82) is 5.26 Å². The van der Waals surface area contributed by atoms with E-state index in [1.165, 1.54) is 6.07 Å². The second kappa shape index (κ2) is 7.46. The highest BCUT2D eigenvalue weighted by Gasteiger charge is 2.15. The van der Waals surface area contributed by atoms with Crippen molar-refractivity contribution in [3.63, 3.8) is 0 Å². The van der Waals surface area contributed by atoms with Crippen LogP contribution in [-0.4, -0.2) is 29.5 Å². The highest BCUT2D eigenvalue weighted by atomic mass is 16.6. The van der Waals surface area contributed by atoms with Gasteiger partial charge in [0, 0.05) is 25.2 Å². The molecular formula is C14H20N4O2. The molecule has 0 aromatic heterocycles. The predicted octanol–water partition coefficient (Wildman–Crippen LogP) is 2.76. The Morgan fingerprint density at radius 3 is 2.80 bits per heavy atom. The lowest BCUT2D eigenvalue weighted by atomic mass is 10.1. The maximum atomic E-state index is 10.9. The van der Waals surface area contributed by atoms with Gasteiger partial charge in [-0.3, -0.25) is 15.0 Å². The third-order valence-electron chi connectivity index (χ3n) is 3.20. The van der Waals surface area contributed by atoms with Gasteiger partial charge in [-0.1, -0.05) is 6.07 Å². The number of nitriles is 1. The number of benzene rings is 1. The lowest BCUT2D eigenvalue weighted by molar-refractivity contribution is -0.384. The second-order valence-corrected chi connectivity index (χ2v) is 4.77. The second-order valence-electron chi connectivity index (χ2n) is 4.77. The molecule has 6 nitrogen and oxygen atoms in total. The van der Waals surface area contributed by atoms with Crippen LogP contribution in [0.3, 0.4) is 0 Å².